The van der Waals surface area contributed by atoms with Crippen molar-refractivity contribution in [2.45, 2.75) is 63.8 Å². The minimum atomic E-state index is -4.78. The molecule has 0 aromatic heterocycles. The molecule has 7 nitrogen and oxygen atoms in total. The van der Waals surface area contributed by atoms with Crippen molar-refractivity contribution in [1.29, 1.82) is 0 Å². The third-order valence-electron chi connectivity index (χ3n) is 6.73. The lowest BCUT2D eigenvalue weighted by Crippen LogP contribution is -2.61. The van der Waals surface area contributed by atoms with Crippen LogP contribution in [0, 0.1) is 0 Å². The zero-order valence-corrected chi connectivity index (χ0v) is 20.4. The van der Waals surface area contributed by atoms with E-state index in [1.54, 1.807) is 4.31 Å². The van der Waals surface area contributed by atoms with Crippen molar-refractivity contribution < 1.29 is 31.1 Å². The summed E-state index contributed by atoms with van der Waals surface area (Å²) in [5, 5.41) is 2.99. The normalized spacial score (nSPS) is 20.5. The molecule has 0 bridgehead atoms. The number of alkyl halides is 3. The number of carbonyl (C=O) groups is 1. The van der Waals surface area contributed by atoms with Crippen LogP contribution >= 0.6 is 0 Å². The van der Waals surface area contributed by atoms with Gasteiger partial charge in [0, 0.05) is 43.8 Å². The first-order valence-corrected chi connectivity index (χ1v) is 13.5. The van der Waals surface area contributed by atoms with E-state index in [0.717, 1.165) is 50.7 Å². The minimum Gasteiger partial charge on any atom is -0.406 e. The molecule has 3 rings (SSSR count). The lowest BCUT2D eigenvalue weighted by molar-refractivity contribution is -0.274. The van der Waals surface area contributed by atoms with Crippen molar-refractivity contribution in [2.75, 3.05) is 38.5 Å². The Balaban J connectivity index is 1.65. The maximum Gasteiger partial charge on any atom is 0.573 e. The van der Waals surface area contributed by atoms with Gasteiger partial charge in [-0.05, 0) is 43.5 Å². The van der Waals surface area contributed by atoms with Crippen molar-refractivity contribution in [3.63, 3.8) is 0 Å². The van der Waals surface area contributed by atoms with Crippen LogP contribution < -0.4 is 10.1 Å². The maximum absolute atomic E-state index is 12.8. The average Bonchev–Trinajstić information content (AvgIpc) is 3.04. The van der Waals surface area contributed by atoms with Gasteiger partial charge in [0.25, 0.3) is 5.91 Å². The minimum absolute atomic E-state index is 0.154. The number of nitrogens with zero attached hydrogens (tertiary/aromatic N) is 2. The van der Waals surface area contributed by atoms with Crippen LogP contribution in [-0.2, 0) is 10.0 Å². The summed E-state index contributed by atoms with van der Waals surface area (Å²) in [4.78, 5) is 15.1. The Morgan fingerprint density at radius 1 is 1.03 bits per heavy atom. The number of amides is 1. The molecular weight excluding hydrogens is 471 g/mol. The van der Waals surface area contributed by atoms with E-state index in [1.807, 2.05) is 6.92 Å². The van der Waals surface area contributed by atoms with E-state index in [2.05, 4.69) is 15.0 Å². The summed E-state index contributed by atoms with van der Waals surface area (Å²) < 4.78 is 67.4. The molecule has 1 aliphatic heterocycles. The Morgan fingerprint density at radius 2 is 1.62 bits per heavy atom. The van der Waals surface area contributed by atoms with Gasteiger partial charge in [-0.25, -0.2) is 8.42 Å². The first kappa shape index (κ1) is 26.7. The van der Waals surface area contributed by atoms with Gasteiger partial charge in [0.05, 0.1) is 5.75 Å². The molecular formula is C23H34F3N3O4S. The number of piperazine rings is 1. The van der Waals surface area contributed by atoms with Crippen LogP contribution in [0.2, 0.25) is 0 Å². The van der Waals surface area contributed by atoms with Crippen molar-refractivity contribution in [3.8, 4) is 5.75 Å². The van der Waals surface area contributed by atoms with Crippen molar-refractivity contribution in [3.05, 3.63) is 29.8 Å². The van der Waals surface area contributed by atoms with E-state index >= 15 is 0 Å². The fourth-order valence-electron chi connectivity index (χ4n) is 4.97. The van der Waals surface area contributed by atoms with Crippen molar-refractivity contribution >= 4 is 15.9 Å². The summed E-state index contributed by atoms with van der Waals surface area (Å²) in [6.45, 7) is 4.38. The van der Waals surface area contributed by atoms with E-state index in [9.17, 15) is 26.4 Å². The number of sulfonamides is 1. The molecule has 1 aromatic rings. The van der Waals surface area contributed by atoms with Crippen molar-refractivity contribution in [2.24, 2.45) is 0 Å². The molecule has 2 aliphatic rings. The average molecular weight is 506 g/mol. The third-order valence-corrected chi connectivity index (χ3v) is 8.80. The Labute approximate surface area is 199 Å². The van der Waals surface area contributed by atoms with Gasteiger partial charge >= 0.3 is 6.36 Å². The smallest absolute Gasteiger partial charge is 0.406 e. The van der Waals surface area contributed by atoms with Gasteiger partial charge in [-0.3, -0.25) is 9.69 Å². The standard InChI is InChI=1S/C23H34F3N3O4S/c1-2-17-34(31,32)29-15-13-28(14-16-29)22(11-5-3-4-6-12-22)18-27-21(30)19-7-9-20(10-8-19)33-23(24,25)26/h7-10H,2-6,11-18H2,1H3,(H,27,30). The summed E-state index contributed by atoms with van der Waals surface area (Å²) in [6.07, 6.45) is 1.95. The number of hydrogen-bond donors (Lipinski definition) is 1. The Bertz CT molecular complexity index is 906. The van der Waals surface area contributed by atoms with E-state index in [4.69, 9.17) is 0 Å². The number of halogens is 3. The molecule has 0 radical (unpaired) electrons. The van der Waals surface area contributed by atoms with Gasteiger partial charge in [0.1, 0.15) is 5.75 Å². The predicted octanol–water partition coefficient (Wildman–Crippen LogP) is 3.77. The predicted molar refractivity (Wildman–Crippen MR) is 123 cm³/mol. The van der Waals surface area contributed by atoms with E-state index in [0.29, 0.717) is 39.1 Å². The SMILES string of the molecule is CCCS(=O)(=O)N1CCN(C2(CNC(=O)c3ccc(OC(F)(F)F)cc3)CCCCCC2)CC1. The molecule has 1 amide bonds. The molecule has 11 heteroatoms. The Hall–Kier alpha value is -1.85. The first-order valence-electron chi connectivity index (χ1n) is 11.9. The number of benzene rings is 1. The summed E-state index contributed by atoms with van der Waals surface area (Å²) in [5.74, 6) is -0.576. The molecule has 1 aromatic carbocycles. The molecule has 1 heterocycles. The van der Waals surface area contributed by atoms with Gasteiger partial charge in [0.15, 0.2) is 0 Å². The molecule has 0 spiro atoms. The van der Waals surface area contributed by atoms with Crippen LogP contribution in [0.25, 0.3) is 0 Å². The first-order chi connectivity index (χ1) is 16.0. The molecule has 34 heavy (non-hydrogen) atoms. The monoisotopic (exact) mass is 505 g/mol. The van der Waals surface area contributed by atoms with Gasteiger partial charge < -0.3 is 10.1 Å². The van der Waals surface area contributed by atoms with Gasteiger partial charge in [0.2, 0.25) is 10.0 Å². The molecule has 0 atom stereocenters. The van der Waals surface area contributed by atoms with Crippen molar-refractivity contribution in [1.82, 2.24) is 14.5 Å². The van der Waals surface area contributed by atoms with Crippen LogP contribution in [0.3, 0.4) is 0 Å². The second-order valence-corrected chi connectivity index (χ2v) is 11.2. The van der Waals surface area contributed by atoms with Gasteiger partial charge in [-0.2, -0.15) is 4.31 Å². The molecule has 2 fully saturated rings. The van der Waals surface area contributed by atoms with Crippen LogP contribution in [0.4, 0.5) is 13.2 Å². The zero-order valence-electron chi connectivity index (χ0n) is 19.6. The van der Waals surface area contributed by atoms with Crippen LogP contribution in [-0.4, -0.2) is 73.9 Å². The third kappa shape index (κ3) is 7.08. The van der Waals surface area contributed by atoms with Crippen LogP contribution in [0.15, 0.2) is 24.3 Å². The van der Waals surface area contributed by atoms with E-state index in [1.165, 1.54) is 12.1 Å². The summed E-state index contributed by atoms with van der Waals surface area (Å²) in [5.41, 5.74) is 0.000292. The second-order valence-electron chi connectivity index (χ2n) is 9.10. The lowest BCUT2D eigenvalue weighted by Gasteiger charge is -2.47. The fourth-order valence-corrected chi connectivity index (χ4v) is 6.47. The largest absolute Gasteiger partial charge is 0.573 e. The van der Waals surface area contributed by atoms with Gasteiger partial charge in [-0.15, -0.1) is 13.2 Å². The highest BCUT2D eigenvalue weighted by Gasteiger charge is 2.40. The quantitative estimate of drug-likeness (QED) is 0.545. The molecule has 1 aliphatic carbocycles. The summed E-state index contributed by atoms with van der Waals surface area (Å²) >= 11 is 0. The summed E-state index contributed by atoms with van der Waals surface area (Å²) in [7, 11) is -3.24. The molecule has 192 valence electrons. The van der Waals surface area contributed by atoms with Crippen LogP contribution in [0.5, 0.6) is 5.75 Å². The molecule has 1 N–H and O–H groups in total. The molecule has 1 saturated carbocycles. The van der Waals surface area contributed by atoms with Crippen LogP contribution in [0.1, 0.15) is 62.2 Å². The Kier molecular flexibility index (Phi) is 8.86. The number of hydrogen-bond acceptors (Lipinski definition) is 5. The second kappa shape index (κ2) is 11.3. The van der Waals surface area contributed by atoms with E-state index in [-0.39, 0.29) is 28.5 Å². The highest BCUT2D eigenvalue weighted by molar-refractivity contribution is 7.89. The maximum atomic E-state index is 12.8. The highest BCUT2D eigenvalue weighted by atomic mass is 32.2. The molecule has 1 saturated heterocycles. The number of carbonyl (C=O) groups excluding carboxylic acids is 1. The lowest BCUT2D eigenvalue weighted by atomic mass is 9.87. The number of nitrogens with one attached hydrogen (secondary N) is 1. The number of ether oxygens (including phenoxy) is 1. The topological polar surface area (TPSA) is 79.0 Å². The summed E-state index contributed by atoms with van der Waals surface area (Å²) in [6, 6.07) is 4.88. The number of rotatable bonds is 8. The van der Waals surface area contributed by atoms with Gasteiger partial charge in [-0.1, -0.05) is 32.6 Å². The van der Waals surface area contributed by atoms with E-state index < -0.39 is 16.4 Å². The fraction of sp³-hybridized carbons (Fsp3) is 0.696. The molecule has 0 unspecified atom stereocenters. The Morgan fingerprint density at radius 3 is 2.15 bits per heavy atom. The zero-order chi connectivity index (χ0) is 24.8. The highest BCUT2D eigenvalue weighted by Crippen LogP contribution is 2.33.